The molecule has 2 aliphatic heterocycles. The number of halogens is 3. The largest absolute Gasteiger partial charge is 0.459 e. The highest BCUT2D eigenvalue weighted by molar-refractivity contribution is 5.91. The van der Waals surface area contributed by atoms with Gasteiger partial charge >= 0.3 is 30.1 Å². The van der Waals surface area contributed by atoms with Crippen LogP contribution in [0.25, 0.3) is 0 Å². The van der Waals surface area contributed by atoms with E-state index in [4.69, 9.17) is 18.9 Å². The van der Waals surface area contributed by atoms with Crippen LogP contribution < -0.4 is 5.32 Å². The molecule has 3 aromatic carbocycles. The summed E-state index contributed by atoms with van der Waals surface area (Å²) in [6.45, 7) is -1.69. The molecule has 2 fully saturated rings. The Morgan fingerprint density at radius 1 is 0.800 bits per heavy atom. The summed E-state index contributed by atoms with van der Waals surface area (Å²) in [7, 11) is 0. The van der Waals surface area contributed by atoms with Gasteiger partial charge in [0.2, 0.25) is 0 Å². The van der Waals surface area contributed by atoms with Gasteiger partial charge in [0.15, 0.2) is 18.4 Å². The smallest absolute Gasteiger partial charge is 0.397 e. The first-order valence-corrected chi connectivity index (χ1v) is 13.7. The van der Waals surface area contributed by atoms with Gasteiger partial charge in [-0.25, -0.2) is 19.2 Å². The van der Waals surface area contributed by atoms with Crippen molar-refractivity contribution < 1.29 is 56.4 Å². The quantitative estimate of drug-likeness (QED) is 0.283. The van der Waals surface area contributed by atoms with E-state index in [1.54, 1.807) is 54.6 Å². The van der Waals surface area contributed by atoms with Crippen molar-refractivity contribution in [2.24, 2.45) is 5.92 Å². The Balaban J connectivity index is 1.49. The van der Waals surface area contributed by atoms with Gasteiger partial charge in [-0.3, -0.25) is 4.90 Å². The number of rotatable bonds is 8. The van der Waals surface area contributed by atoms with Gasteiger partial charge in [-0.2, -0.15) is 13.2 Å². The molecule has 0 aliphatic carbocycles. The number of urea groups is 1. The lowest BCUT2D eigenvalue weighted by atomic mass is 10.0. The first-order valence-electron chi connectivity index (χ1n) is 13.7. The molecule has 0 saturated carbocycles. The van der Waals surface area contributed by atoms with Gasteiger partial charge < -0.3 is 29.4 Å². The van der Waals surface area contributed by atoms with E-state index in [0.717, 1.165) is 0 Å². The van der Waals surface area contributed by atoms with Crippen molar-refractivity contribution in [1.82, 2.24) is 10.2 Å². The van der Waals surface area contributed by atoms with E-state index in [0.29, 0.717) is 4.90 Å². The molecule has 11 nitrogen and oxygen atoms in total. The van der Waals surface area contributed by atoms with Crippen LogP contribution in [0.2, 0.25) is 0 Å². The third kappa shape index (κ3) is 7.24. The number of esters is 3. The molecule has 0 spiro atoms. The Labute approximate surface area is 254 Å². The molecule has 45 heavy (non-hydrogen) atoms. The predicted molar refractivity (Wildman–Crippen MR) is 147 cm³/mol. The van der Waals surface area contributed by atoms with Gasteiger partial charge in [0.25, 0.3) is 0 Å². The summed E-state index contributed by atoms with van der Waals surface area (Å²) < 4.78 is 64.1. The summed E-state index contributed by atoms with van der Waals surface area (Å²) in [4.78, 5) is 52.6. The van der Waals surface area contributed by atoms with Crippen LogP contribution in [0.15, 0.2) is 91.0 Å². The number of ether oxygens (including phenoxy) is 4. The Hall–Kier alpha value is -4.95. The lowest BCUT2D eigenvalue weighted by Gasteiger charge is -2.41. The Kier molecular flexibility index (Phi) is 9.34. The number of amides is 2. The van der Waals surface area contributed by atoms with Crippen molar-refractivity contribution in [3.8, 4) is 0 Å². The molecule has 0 radical (unpaired) electrons. The zero-order valence-corrected chi connectivity index (χ0v) is 23.3. The first kappa shape index (κ1) is 31.5. The molecule has 5 rings (SSSR count). The predicted octanol–water partition coefficient (Wildman–Crippen LogP) is 3.54. The van der Waals surface area contributed by atoms with Crippen LogP contribution in [-0.4, -0.2) is 84.0 Å². The number of hydrogen-bond donors (Lipinski definition) is 2. The highest BCUT2D eigenvalue weighted by Crippen LogP contribution is 2.36. The second-order valence-electron chi connectivity index (χ2n) is 10.2. The molecule has 0 aromatic heterocycles. The molecule has 2 amide bonds. The molecule has 2 unspecified atom stereocenters. The molecule has 236 valence electrons. The molecule has 6 atom stereocenters. The van der Waals surface area contributed by atoms with E-state index in [9.17, 15) is 37.5 Å². The van der Waals surface area contributed by atoms with Crippen molar-refractivity contribution in [2.45, 2.75) is 36.9 Å². The topological polar surface area (TPSA) is 141 Å². The van der Waals surface area contributed by atoms with Crippen LogP contribution in [0.3, 0.4) is 0 Å². The maximum Gasteiger partial charge on any atom is 0.397 e. The standard InChI is InChI=1S/C31H27F3N2O9/c32-31(33,34)21-16-36(30(41)35-25(21)37)26-24(45-29(40)20-14-8-3-9-15-20)23(44-28(39)19-12-6-2-7-13-19)22(43-26)17-42-27(38)18-10-4-1-5-11-18/h1-15,21-26,37H,16-17H2,(H,35,41)/t21?,22-,23-,24-,25?,26-/m1/s1. The molecular weight excluding hydrogens is 601 g/mol. The number of alkyl halides is 3. The van der Waals surface area contributed by atoms with E-state index >= 15 is 0 Å². The normalized spacial score (nSPS) is 24.8. The number of nitrogens with one attached hydrogen (secondary N) is 1. The van der Waals surface area contributed by atoms with Crippen molar-refractivity contribution >= 4 is 23.9 Å². The number of aliphatic hydroxyl groups is 1. The number of aliphatic hydroxyl groups excluding tert-OH is 1. The minimum absolute atomic E-state index is 0.0510. The van der Waals surface area contributed by atoms with Crippen LogP contribution in [0, 0.1) is 5.92 Å². The minimum atomic E-state index is -4.94. The van der Waals surface area contributed by atoms with E-state index in [1.165, 1.54) is 36.4 Å². The Morgan fingerprint density at radius 3 is 1.76 bits per heavy atom. The summed E-state index contributed by atoms with van der Waals surface area (Å²) in [5, 5.41) is 11.8. The van der Waals surface area contributed by atoms with Crippen LogP contribution >= 0.6 is 0 Å². The average molecular weight is 629 g/mol. The molecule has 2 aliphatic rings. The van der Waals surface area contributed by atoms with Crippen LogP contribution in [-0.2, 0) is 18.9 Å². The molecule has 14 heteroatoms. The lowest BCUT2D eigenvalue weighted by Crippen LogP contribution is -2.64. The van der Waals surface area contributed by atoms with E-state index in [2.05, 4.69) is 0 Å². The zero-order chi connectivity index (χ0) is 32.1. The van der Waals surface area contributed by atoms with E-state index in [-0.39, 0.29) is 16.7 Å². The summed E-state index contributed by atoms with van der Waals surface area (Å²) in [5.74, 6) is -5.09. The second-order valence-corrected chi connectivity index (χ2v) is 10.2. The zero-order valence-electron chi connectivity index (χ0n) is 23.3. The molecule has 2 N–H and O–H groups in total. The lowest BCUT2D eigenvalue weighted by molar-refractivity contribution is -0.219. The number of carbonyl (C=O) groups is 4. The number of benzene rings is 3. The van der Waals surface area contributed by atoms with Gasteiger partial charge in [-0.1, -0.05) is 54.6 Å². The van der Waals surface area contributed by atoms with Crippen molar-refractivity contribution in [3.05, 3.63) is 108 Å². The van der Waals surface area contributed by atoms with Crippen LogP contribution in [0.4, 0.5) is 18.0 Å². The third-order valence-electron chi connectivity index (χ3n) is 7.21. The van der Waals surface area contributed by atoms with Gasteiger partial charge in [0.1, 0.15) is 24.9 Å². The molecule has 3 aromatic rings. The highest BCUT2D eigenvalue weighted by Gasteiger charge is 2.57. The van der Waals surface area contributed by atoms with E-state index < -0.39 is 80.0 Å². The SMILES string of the molecule is O=C(OC[C@H]1O[C@@H](N2CC(C(F)(F)F)C(O)NC2=O)[C@H](OC(=O)c2ccccc2)[C@@H]1OC(=O)c1ccccc1)c1ccccc1. The van der Waals surface area contributed by atoms with Gasteiger partial charge in [-0.15, -0.1) is 0 Å². The van der Waals surface area contributed by atoms with Crippen LogP contribution in [0.5, 0.6) is 0 Å². The fraction of sp³-hybridized carbons (Fsp3) is 0.290. The molecule has 0 bridgehead atoms. The maximum absolute atomic E-state index is 13.8. The summed E-state index contributed by atoms with van der Waals surface area (Å²) in [5.41, 5.74) is 0.314. The van der Waals surface area contributed by atoms with E-state index in [1.807, 2.05) is 5.32 Å². The number of nitrogens with zero attached hydrogens (tertiary/aromatic N) is 1. The molecule has 2 saturated heterocycles. The summed E-state index contributed by atoms with van der Waals surface area (Å²) in [6, 6.07) is 21.9. The Morgan fingerprint density at radius 2 is 1.27 bits per heavy atom. The van der Waals surface area contributed by atoms with Crippen LogP contribution in [0.1, 0.15) is 31.1 Å². The highest BCUT2D eigenvalue weighted by atomic mass is 19.4. The third-order valence-corrected chi connectivity index (χ3v) is 7.21. The minimum Gasteiger partial charge on any atom is -0.459 e. The fourth-order valence-corrected chi connectivity index (χ4v) is 4.91. The van der Waals surface area contributed by atoms with Gasteiger partial charge in [-0.05, 0) is 36.4 Å². The monoisotopic (exact) mass is 628 g/mol. The second kappa shape index (κ2) is 13.4. The van der Waals surface area contributed by atoms with Crippen molar-refractivity contribution in [3.63, 3.8) is 0 Å². The fourth-order valence-electron chi connectivity index (χ4n) is 4.91. The van der Waals surface area contributed by atoms with Gasteiger partial charge in [0, 0.05) is 6.54 Å². The van der Waals surface area contributed by atoms with Crippen molar-refractivity contribution in [2.75, 3.05) is 13.2 Å². The maximum atomic E-state index is 13.8. The number of carbonyl (C=O) groups excluding carboxylic acids is 4. The Bertz CT molecular complexity index is 1510. The van der Waals surface area contributed by atoms with Gasteiger partial charge in [0.05, 0.1) is 16.7 Å². The number of hydrogen-bond acceptors (Lipinski definition) is 9. The molecular formula is C31H27F3N2O9. The first-order chi connectivity index (χ1) is 21.5. The molecule has 2 heterocycles. The summed E-state index contributed by atoms with van der Waals surface area (Å²) in [6.07, 6.45) is -13.6. The summed E-state index contributed by atoms with van der Waals surface area (Å²) >= 11 is 0. The van der Waals surface area contributed by atoms with Crippen molar-refractivity contribution in [1.29, 1.82) is 0 Å². The average Bonchev–Trinajstić information content (AvgIpc) is 3.36.